The molecule has 0 fully saturated rings. The van der Waals surface area contributed by atoms with Crippen molar-refractivity contribution >= 4 is 115 Å². The Balaban J connectivity index is 0.978. The van der Waals surface area contributed by atoms with Gasteiger partial charge in [0.25, 0.3) is 0 Å². The van der Waals surface area contributed by atoms with Gasteiger partial charge in [0.1, 0.15) is 0 Å². The molecule has 8 heteroatoms. The van der Waals surface area contributed by atoms with Gasteiger partial charge in [-0.15, -0.1) is 0 Å². The first-order valence-corrected chi connectivity index (χ1v) is 35.8. The summed E-state index contributed by atoms with van der Waals surface area (Å²) in [4.78, 5) is 19.5. The molecule has 490 valence electrons. The van der Waals surface area contributed by atoms with E-state index in [0.717, 1.165) is 155 Å². The zero-order chi connectivity index (χ0) is 69.1. The maximum absolute atomic E-state index is 5.82. The summed E-state index contributed by atoms with van der Waals surface area (Å²) in [6.07, 6.45) is 0. The Morgan fingerprint density at radius 2 is 0.562 bits per heavy atom. The van der Waals surface area contributed by atoms with E-state index in [0.29, 0.717) is 17.5 Å². The second kappa shape index (κ2) is 24.3. The van der Waals surface area contributed by atoms with Crippen molar-refractivity contribution in [2.75, 3.05) is 4.90 Å². The van der Waals surface area contributed by atoms with Gasteiger partial charge < -0.3 is 23.2 Å². The fourth-order valence-electron chi connectivity index (χ4n) is 16.6. The number of nitrogens with zero attached hydrogens (tertiary/aromatic N) is 8. The maximum Gasteiger partial charge on any atom is 0.166 e. The molecule has 21 aromatic rings. The zero-order valence-electron chi connectivity index (χ0n) is 56.9. The van der Waals surface area contributed by atoms with Gasteiger partial charge in [-0.2, -0.15) is 0 Å². The average molecular weight is 1340 g/mol. The van der Waals surface area contributed by atoms with E-state index in [1.807, 2.05) is 12.1 Å². The van der Waals surface area contributed by atoms with Crippen LogP contribution in [-0.4, -0.2) is 33.2 Å². The largest absolute Gasteiger partial charge is 0.308 e. The quantitative estimate of drug-likeness (QED) is 0.122. The fraction of sp³-hybridized carbons (Fsp3) is 0. The van der Waals surface area contributed by atoms with Crippen LogP contribution in [0.15, 0.2) is 376 Å². The lowest BCUT2D eigenvalue weighted by Gasteiger charge is -2.31. The smallest absolute Gasteiger partial charge is 0.166 e. The lowest BCUT2D eigenvalue weighted by molar-refractivity contribution is 1.06. The van der Waals surface area contributed by atoms with Gasteiger partial charge in [-0.05, 0) is 124 Å². The van der Waals surface area contributed by atoms with Crippen molar-refractivity contribution in [1.82, 2.24) is 33.2 Å². The van der Waals surface area contributed by atoms with Gasteiger partial charge in [-0.3, -0.25) is 0 Å². The molecule has 8 nitrogen and oxygen atoms in total. The monoisotopic (exact) mass is 1340 g/mol. The molecule has 0 atom stereocenters. The van der Waals surface area contributed by atoms with Crippen LogP contribution in [0.1, 0.15) is 0 Å². The Kier molecular flexibility index (Phi) is 13.8. The molecule has 0 amide bonds. The van der Waals surface area contributed by atoms with E-state index in [1.165, 1.54) is 21.5 Å². The molecule has 0 radical (unpaired) electrons. The van der Waals surface area contributed by atoms with Gasteiger partial charge in [-0.1, -0.05) is 285 Å². The summed E-state index contributed by atoms with van der Waals surface area (Å²) in [6.45, 7) is 0. The third kappa shape index (κ3) is 9.51. The van der Waals surface area contributed by atoms with Crippen LogP contribution in [0.25, 0.3) is 177 Å². The highest BCUT2D eigenvalue weighted by Gasteiger charge is 2.33. The van der Waals surface area contributed by atoms with E-state index in [4.69, 9.17) is 15.0 Å². The third-order valence-corrected chi connectivity index (χ3v) is 21.1. The Hall–Kier alpha value is -14.2. The lowest BCUT2D eigenvalue weighted by Crippen LogP contribution is -2.16. The van der Waals surface area contributed by atoms with E-state index in [9.17, 15) is 0 Å². The molecule has 105 heavy (non-hydrogen) atoms. The van der Waals surface area contributed by atoms with Gasteiger partial charge in [0.05, 0.1) is 55.5 Å². The van der Waals surface area contributed by atoms with Crippen molar-refractivity contribution in [1.29, 1.82) is 0 Å². The van der Waals surface area contributed by atoms with Crippen LogP contribution in [0.4, 0.5) is 17.1 Å². The first-order chi connectivity index (χ1) is 52.1. The van der Waals surface area contributed by atoms with Crippen LogP contribution < -0.4 is 4.90 Å². The number of hydrogen-bond donors (Lipinski definition) is 0. The number of aromatic nitrogens is 7. The molecule has 0 N–H and O–H groups in total. The number of fused-ring (bicyclic) bond motifs is 16. The highest BCUT2D eigenvalue weighted by Crippen LogP contribution is 2.54. The van der Waals surface area contributed by atoms with E-state index < -0.39 is 0 Å². The standard InChI is InChI=1S/C97H62N8/c1-6-29-63(30-7-1)64-53-57-71(58-54-64)101(72-59-55-66(56-60-72)75-47-28-36-65-31-16-17-41-74(65)75)91-81(97-99-95(67-32-8-2-9-33-67)98-96(100-97)68-34-10-3-11-35-68)61-73(62-87(91)105-82-48-23-18-42-76(82)77-43-19-24-49-83(77)105)104-86-52-27-22-46-80(86)90-93-88(78-44-20-25-50-84(78)102(93)69-37-12-4-13-38-69)92-89(94(90)104)79-45-21-26-51-85(79)103(92)70-39-14-5-15-40-70/h1-62H. The summed E-state index contributed by atoms with van der Waals surface area (Å²) < 4.78 is 10.1. The number of anilines is 3. The molecule has 0 saturated heterocycles. The zero-order valence-corrected chi connectivity index (χ0v) is 56.9. The van der Waals surface area contributed by atoms with Crippen molar-refractivity contribution in [2.24, 2.45) is 0 Å². The molecule has 21 rings (SSSR count). The van der Waals surface area contributed by atoms with E-state index in [-0.39, 0.29) is 0 Å². The second-order valence-electron chi connectivity index (χ2n) is 27.0. The first kappa shape index (κ1) is 59.6. The topological polar surface area (TPSA) is 61.6 Å². The third-order valence-electron chi connectivity index (χ3n) is 21.1. The predicted molar refractivity (Wildman–Crippen MR) is 437 cm³/mol. The summed E-state index contributed by atoms with van der Waals surface area (Å²) in [6, 6.07) is 136. The van der Waals surface area contributed by atoms with Crippen LogP contribution in [0, 0.1) is 0 Å². The van der Waals surface area contributed by atoms with Crippen molar-refractivity contribution < 1.29 is 0 Å². The van der Waals surface area contributed by atoms with Gasteiger partial charge in [0.15, 0.2) is 17.5 Å². The minimum Gasteiger partial charge on any atom is -0.308 e. The molecular weight excluding hydrogens is 1280 g/mol. The molecule has 16 aromatic carbocycles. The van der Waals surface area contributed by atoms with Gasteiger partial charge in [0, 0.05) is 88.2 Å². The molecule has 0 unspecified atom stereocenters. The van der Waals surface area contributed by atoms with Crippen molar-refractivity contribution in [2.45, 2.75) is 0 Å². The fourth-order valence-corrected chi connectivity index (χ4v) is 16.6. The van der Waals surface area contributed by atoms with Gasteiger partial charge in [0.2, 0.25) is 0 Å². The highest BCUT2D eigenvalue weighted by molar-refractivity contribution is 6.40. The first-order valence-electron chi connectivity index (χ1n) is 35.8. The summed E-state index contributed by atoms with van der Waals surface area (Å²) in [7, 11) is 0. The number of rotatable bonds is 12. The van der Waals surface area contributed by atoms with Crippen LogP contribution in [0.5, 0.6) is 0 Å². The van der Waals surface area contributed by atoms with Crippen molar-refractivity contribution in [3.8, 4) is 79.2 Å². The molecule has 0 aliphatic carbocycles. The molecule has 0 saturated carbocycles. The SMILES string of the molecule is c1ccc(-c2ccc(N(c3ccc(-c4cccc5ccccc45)cc3)c3c(-c4nc(-c5ccccc5)nc(-c5ccccc5)n4)cc(-n4c5ccccc5c5c6c(c7ccccc7n6-c6ccccc6)c6c(c7ccccc7n6-c6ccccc6)c54)cc3-n3c4ccccc4c4ccccc43)cc2)cc1. The summed E-state index contributed by atoms with van der Waals surface area (Å²) in [5, 5.41) is 11.5. The van der Waals surface area contributed by atoms with Crippen LogP contribution in [0.2, 0.25) is 0 Å². The molecule has 0 aliphatic rings. The Morgan fingerprint density at radius 1 is 0.219 bits per heavy atom. The van der Waals surface area contributed by atoms with E-state index in [1.54, 1.807) is 0 Å². The summed E-state index contributed by atoms with van der Waals surface area (Å²) in [5.74, 6) is 1.60. The predicted octanol–water partition coefficient (Wildman–Crippen LogP) is 25.2. The second-order valence-corrected chi connectivity index (χ2v) is 27.0. The maximum atomic E-state index is 5.82. The minimum atomic E-state index is 0.498. The highest BCUT2D eigenvalue weighted by atomic mass is 15.2. The molecule has 0 aliphatic heterocycles. The summed E-state index contributed by atoms with van der Waals surface area (Å²) in [5.41, 5.74) is 22.4. The number of benzene rings is 16. The lowest BCUT2D eigenvalue weighted by atomic mass is 9.97. The minimum absolute atomic E-state index is 0.498. The Bertz CT molecular complexity index is 6790. The molecule has 5 heterocycles. The van der Waals surface area contributed by atoms with E-state index >= 15 is 0 Å². The van der Waals surface area contributed by atoms with Gasteiger partial charge in [-0.25, -0.2) is 15.0 Å². The Labute approximate surface area is 604 Å². The van der Waals surface area contributed by atoms with E-state index in [2.05, 4.69) is 387 Å². The van der Waals surface area contributed by atoms with Crippen LogP contribution in [-0.2, 0) is 0 Å². The van der Waals surface area contributed by atoms with Gasteiger partial charge >= 0.3 is 0 Å². The summed E-state index contributed by atoms with van der Waals surface area (Å²) >= 11 is 0. The molecule has 5 aromatic heterocycles. The normalized spacial score (nSPS) is 11.8. The van der Waals surface area contributed by atoms with Crippen molar-refractivity contribution in [3.05, 3.63) is 376 Å². The average Bonchev–Trinajstić information content (AvgIpc) is 1.50. The number of hydrogen-bond acceptors (Lipinski definition) is 4. The van der Waals surface area contributed by atoms with Crippen LogP contribution >= 0.6 is 0 Å². The van der Waals surface area contributed by atoms with Crippen molar-refractivity contribution in [3.63, 3.8) is 0 Å². The molecule has 0 bridgehead atoms. The van der Waals surface area contributed by atoms with Crippen LogP contribution in [0.3, 0.4) is 0 Å². The molecule has 0 spiro atoms. The Morgan fingerprint density at radius 3 is 1.03 bits per heavy atom. The molecular formula is C97H62N8. The number of para-hydroxylation sites is 7.